The molecule has 0 aliphatic heterocycles. The van der Waals surface area contributed by atoms with Crippen molar-refractivity contribution < 1.29 is 5.11 Å². The molecule has 65 valence electrons. The lowest BCUT2D eigenvalue weighted by Crippen LogP contribution is -2.11. The first-order valence-electron chi connectivity index (χ1n) is 4.06. The molecule has 1 heterocycles. The van der Waals surface area contributed by atoms with Crippen molar-refractivity contribution in [3.8, 4) is 0 Å². The predicted octanol–water partition coefficient (Wildman–Crippen LogP) is 2.31. The third-order valence-electron chi connectivity index (χ3n) is 1.83. The van der Waals surface area contributed by atoms with Gasteiger partial charge < -0.3 is 0 Å². The number of hydrogen-bond donors (Lipinski definition) is 0. The zero-order valence-corrected chi connectivity index (χ0v) is 7.79. The predicted molar refractivity (Wildman–Crippen MR) is 47.3 cm³/mol. The van der Waals surface area contributed by atoms with E-state index in [9.17, 15) is 5.11 Å². The van der Waals surface area contributed by atoms with Crippen molar-refractivity contribution in [2.24, 2.45) is 0 Å². The molecule has 0 N–H and O–H groups in total. The Hall–Kier alpha value is -0.890. The van der Waals surface area contributed by atoms with Crippen molar-refractivity contribution in [3.05, 3.63) is 29.6 Å². The van der Waals surface area contributed by atoms with E-state index >= 15 is 0 Å². The maximum Gasteiger partial charge on any atom is 0.109 e. The number of rotatable bonds is 1. The van der Waals surface area contributed by atoms with Gasteiger partial charge in [-0.2, -0.15) is 0 Å². The average molecular weight is 164 g/mol. The normalized spacial score (nSPS) is 11.7. The summed E-state index contributed by atoms with van der Waals surface area (Å²) >= 11 is 0. The van der Waals surface area contributed by atoms with Crippen LogP contribution in [0.25, 0.3) is 0 Å². The van der Waals surface area contributed by atoms with E-state index in [0.29, 0.717) is 0 Å². The molecular formula is C10H14NO. The number of hydrogen-bond acceptors (Lipinski definition) is 1. The van der Waals surface area contributed by atoms with Crippen molar-refractivity contribution in [2.45, 2.75) is 32.8 Å². The smallest absolute Gasteiger partial charge is 0.109 e. The lowest BCUT2D eigenvalue weighted by atomic mass is 9.88. The summed E-state index contributed by atoms with van der Waals surface area (Å²) in [5, 5.41) is 10.6. The molecule has 1 radical (unpaired) electrons. The topological polar surface area (TPSA) is 32.8 Å². The maximum absolute atomic E-state index is 10.6. The van der Waals surface area contributed by atoms with Crippen LogP contribution in [0.1, 0.15) is 31.9 Å². The SMILES string of the molecule is CC(C)(C)c1cncc(C[O])c1. The minimum Gasteiger partial charge on any atom is -0.264 e. The standard InChI is InChI=1S/C10H14NO/c1-10(2,3)9-4-8(7-12)5-11-6-9/h4-6H,7H2,1-3H3. The molecule has 0 aromatic carbocycles. The Balaban J connectivity index is 3.02. The molecule has 0 aliphatic rings. The summed E-state index contributed by atoms with van der Waals surface area (Å²) in [6, 6.07) is 1.93. The maximum atomic E-state index is 10.6. The first-order valence-corrected chi connectivity index (χ1v) is 4.06. The summed E-state index contributed by atoms with van der Waals surface area (Å²) in [7, 11) is 0. The van der Waals surface area contributed by atoms with Crippen LogP contribution in [-0.4, -0.2) is 4.98 Å². The Labute approximate surface area is 73.3 Å². The second kappa shape index (κ2) is 3.23. The summed E-state index contributed by atoms with van der Waals surface area (Å²) in [6.07, 6.45) is 3.45. The molecule has 0 bridgehead atoms. The highest BCUT2D eigenvalue weighted by molar-refractivity contribution is 5.23. The monoisotopic (exact) mass is 164 g/mol. The van der Waals surface area contributed by atoms with Gasteiger partial charge in [-0.25, -0.2) is 5.11 Å². The molecule has 0 spiro atoms. The van der Waals surface area contributed by atoms with Gasteiger partial charge in [0.05, 0.1) is 0 Å². The van der Waals surface area contributed by atoms with Crippen LogP contribution in [0, 0.1) is 0 Å². The molecular weight excluding hydrogens is 150 g/mol. The largest absolute Gasteiger partial charge is 0.264 e. The van der Waals surface area contributed by atoms with Crippen molar-refractivity contribution in [1.82, 2.24) is 4.98 Å². The molecule has 1 aromatic rings. The van der Waals surface area contributed by atoms with E-state index in [2.05, 4.69) is 25.8 Å². The molecule has 0 fully saturated rings. The second-order valence-electron chi connectivity index (χ2n) is 3.98. The number of pyridine rings is 1. The van der Waals surface area contributed by atoms with Crippen molar-refractivity contribution in [3.63, 3.8) is 0 Å². The zero-order chi connectivity index (χ0) is 9.19. The fraction of sp³-hybridized carbons (Fsp3) is 0.500. The van der Waals surface area contributed by atoms with Gasteiger partial charge in [-0.3, -0.25) is 4.98 Å². The van der Waals surface area contributed by atoms with Crippen LogP contribution in [0.5, 0.6) is 0 Å². The highest BCUT2D eigenvalue weighted by atomic mass is 16.3. The summed E-state index contributed by atoms with van der Waals surface area (Å²) < 4.78 is 0. The average Bonchev–Trinajstić information content (AvgIpc) is 2.03. The first-order chi connectivity index (χ1) is 5.54. The molecule has 0 aliphatic carbocycles. The van der Waals surface area contributed by atoms with Gasteiger partial charge >= 0.3 is 0 Å². The van der Waals surface area contributed by atoms with E-state index in [-0.39, 0.29) is 12.0 Å². The van der Waals surface area contributed by atoms with Gasteiger partial charge in [0.25, 0.3) is 0 Å². The molecule has 0 atom stereocenters. The number of nitrogens with zero attached hydrogens (tertiary/aromatic N) is 1. The molecule has 0 unspecified atom stereocenters. The van der Waals surface area contributed by atoms with Gasteiger partial charge in [0.15, 0.2) is 0 Å². The van der Waals surface area contributed by atoms with Gasteiger partial charge in [-0.1, -0.05) is 20.8 Å². The first kappa shape index (κ1) is 9.20. The minimum atomic E-state index is -0.184. The third kappa shape index (κ3) is 2.05. The van der Waals surface area contributed by atoms with Gasteiger partial charge in [-0.15, -0.1) is 0 Å². The molecule has 0 saturated carbocycles. The van der Waals surface area contributed by atoms with Crippen LogP contribution < -0.4 is 0 Å². The fourth-order valence-corrected chi connectivity index (χ4v) is 0.977. The van der Waals surface area contributed by atoms with Gasteiger partial charge in [0.2, 0.25) is 0 Å². The lowest BCUT2D eigenvalue weighted by molar-refractivity contribution is 0.177. The van der Waals surface area contributed by atoms with Crippen LogP contribution in [0.4, 0.5) is 0 Å². The Morgan fingerprint density at radius 2 is 2.00 bits per heavy atom. The van der Waals surface area contributed by atoms with Crippen LogP contribution >= 0.6 is 0 Å². The summed E-state index contributed by atoms with van der Waals surface area (Å²) in [4.78, 5) is 4.02. The highest BCUT2D eigenvalue weighted by Gasteiger charge is 2.13. The van der Waals surface area contributed by atoms with Crippen LogP contribution in [0.2, 0.25) is 0 Å². The van der Waals surface area contributed by atoms with Gasteiger partial charge in [0, 0.05) is 12.4 Å². The van der Waals surface area contributed by atoms with Crippen molar-refractivity contribution in [2.75, 3.05) is 0 Å². The molecule has 2 nitrogen and oxygen atoms in total. The molecule has 0 saturated heterocycles. The van der Waals surface area contributed by atoms with E-state index in [4.69, 9.17) is 0 Å². The Morgan fingerprint density at radius 3 is 2.50 bits per heavy atom. The van der Waals surface area contributed by atoms with E-state index in [1.807, 2.05) is 12.3 Å². The summed E-state index contributed by atoms with van der Waals surface area (Å²) in [5.41, 5.74) is 1.97. The molecule has 1 aromatic heterocycles. The van der Waals surface area contributed by atoms with Crippen molar-refractivity contribution >= 4 is 0 Å². The Kier molecular flexibility index (Phi) is 2.48. The molecule has 0 amide bonds. The van der Waals surface area contributed by atoms with Gasteiger partial charge in [-0.05, 0) is 22.6 Å². The van der Waals surface area contributed by atoms with E-state index < -0.39 is 0 Å². The van der Waals surface area contributed by atoms with Crippen LogP contribution in [0.15, 0.2) is 18.5 Å². The van der Waals surface area contributed by atoms with E-state index in [1.54, 1.807) is 6.20 Å². The van der Waals surface area contributed by atoms with Crippen LogP contribution in [-0.2, 0) is 17.1 Å². The molecule has 2 heteroatoms. The molecule has 12 heavy (non-hydrogen) atoms. The summed E-state index contributed by atoms with van der Waals surface area (Å²) in [6.45, 7) is 6.15. The summed E-state index contributed by atoms with van der Waals surface area (Å²) in [5.74, 6) is 0. The Bertz CT molecular complexity index is 263. The van der Waals surface area contributed by atoms with E-state index in [1.165, 1.54) is 0 Å². The fourth-order valence-electron chi connectivity index (χ4n) is 0.977. The van der Waals surface area contributed by atoms with E-state index in [0.717, 1.165) is 11.1 Å². The number of aromatic nitrogens is 1. The van der Waals surface area contributed by atoms with Crippen LogP contribution in [0.3, 0.4) is 0 Å². The third-order valence-corrected chi connectivity index (χ3v) is 1.83. The lowest BCUT2D eigenvalue weighted by Gasteiger charge is -2.18. The highest BCUT2D eigenvalue weighted by Crippen LogP contribution is 2.21. The Morgan fingerprint density at radius 1 is 1.33 bits per heavy atom. The zero-order valence-electron chi connectivity index (χ0n) is 7.79. The van der Waals surface area contributed by atoms with Crippen molar-refractivity contribution in [1.29, 1.82) is 0 Å². The second-order valence-corrected chi connectivity index (χ2v) is 3.98. The minimum absolute atomic E-state index is 0.0815. The van der Waals surface area contributed by atoms with Gasteiger partial charge in [0.1, 0.15) is 6.61 Å². The molecule has 1 rings (SSSR count). The quantitative estimate of drug-likeness (QED) is 0.627.